The Bertz CT molecular complexity index is 497. The van der Waals surface area contributed by atoms with Gasteiger partial charge >= 0.3 is 0 Å². The minimum absolute atomic E-state index is 0.385. The molecule has 2 aromatic rings. The molecule has 0 aliphatic heterocycles. The van der Waals surface area contributed by atoms with Gasteiger partial charge in [0.25, 0.3) is 0 Å². The molecule has 0 saturated carbocycles. The first kappa shape index (κ1) is 12.4. The molecule has 0 aliphatic carbocycles. The summed E-state index contributed by atoms with van der Waals surface area (Å²) in [5.41, 5.74) is 6.47. The Morgan fingerprint density at radius 1 is 1.44 bits per heavy atom. The summed E-state index contributed by atoms with van der Waals surface area (Å²) in [6, 6.07) is 7.80. The third-order valence-corrected chi connectivity index (χ3v) is 2.52. The highest BCUT2D eigenvalue weighted by Gasteiger charge is 2.01. The number of aromatic nitrogens is 3. The summed E-state index contributed by atoms with van der Waals surface area (Å²) in [6.07, 6.45) is 0.744. The Kier molecular flexibility index (Phi) is 4.14. The zero-order valence-corrected chi connectivity index (χ0v) is 10.3. The molecule has 0 radical (unpaired) electrons. The van der Waals surface area contributed by atoms with Crippen LogP contribution in [0.25, 0.3) is 0 Å². The predicted molar refractivity (Wildman–Crippen MR) is 69.5 cm³/mol. The monoisotopic (exact) mass is 247 g/mol. The molecule has 1 heterocycles. The van der Waals surface area contributed by atoms with Crippen LogP contribution >= 0.6 is 0 Å². The molecule has 96 valence electrons. The largest absolute Gasteiger partial charge is 0.497 e. The lowest BCUT2D eigenvalue weighted by molar-refractivity contribution is 0.415. The van der Waals surface area contributed by atoms with E-state index in [-0.39, 0.29) is 0 Å². The maximum absolute atomic E-state index is 5.45. The minimum atomic E-state index is 0.385. The quantitative estimate of drug-likeness (QED) is 0.706. The number of hydrogen-bond donors (Lipinski definition) is 3. The Morgan fingerprint density at radius 2 is 2.33 bits per heavy atom. The van der Waals surface area contributed by atoms with Crippen molar-refractivity contribution < 1.29 is 4.74 Å². The summed E-state index contributed by atoms with van der Waals surface area (Å²) in [5, 5.41) is 10.1. The van der Waals surface area contributed by atoms with Crippen molar-refractivity contribution in [2.24, 2.45) is 5.73 Å². The third kappa shape index (κ3) is 3.21. The van der Waals surface area contributed by atoms with Crippen molar-refractivity contribution in [3.8, 4) is 5.75 Å². The average molecular weight is 247 g/mol. The SMILES string of the molecule is COc1cccc(NCCc2n[nH]c(CN)n2)c1. The van der Waals surface area contributed by atoms with Gasteiger partial charge in [0.2, 0.25) is 0 Å². The number of nitrogens with zero attached hydrogens (tertiary/aromatic N) is 2. The number of benzene rings is 1. The number of rotatable bonds is 6. The van der Waals surface area contributed by atoms with Crippen LogP contribution in [0, 0.1) is 0 Å². The molecule has 0 spiro atoms. The standard InChI is InChI=1S/C12H17N5O/c1-18-10-4-2-3-9(7-10)14-6-5-11-15-12(8-13)17-16-11/h2-4,7,14H,5-6,8,13H2,1H3,(H,15,16,17). The molecule has 0 atom stereocenters. The molecule has 1 aromatic carbocycles. The molecule has 0 saturated heterocycles. The van der Waals surface area contributed by atoms with Crippen molar-refractivity contribution in [3.05, 3.63) is 35.9 Å². The first-order chi connectivity index (χ1) is 8.81. The van der Waals surface area contributed by atoms with Crippen molar-refractivity contribution in [1.29, 1.82) is 0 Å². The van der Waals surface area contributed by atoms with Crippen LogP contribution in [0.1, 0.15) is 11.6 Å². The number of nitrogens with two attached hydrogens (primary N) is 1. The summed E-state index contributed by atoms with van der Waals surface area (Å²) in [4.78, 5) is 4.24. The summed E-state index contributed by atoms with van der Waals surface area (Å²) in [6.45, 7) is 1.14. The van der Waals surface area contributed by atoms with E-state index in [1.54, 1.807) is 7.11 Å². The third-order valence-electron chi connectivity index (χ3n) is 2.52. The molecule has 2 rings (SSSR count). The number of anilines is 1. The molecular weight excluding hydrogens is 230 g/mol. The van der Waals surface area contributed by atoms with Crippen molar-refractivity contribution in [2.45, 2.75) is 13.0 Å². The second kappa shape index (κ2) is 6.02. The number of aromatic amines is 1. The van der Waals surface area contributed by atoms with Gasteiger partial charge in [0.05, 0.1) is 13.7 Å². The van der Waals surface area contributed by atoms with E-state index in [0.29, 0.717) is 12.4 Å². The highest BCUT2D eigenvalue weighted by atomic mass is 16.5. The first-order valence-corrected chi connectivity index (χ1v) is 5.80. The highest BCUT2D eigenvalue weighted by Crippen LogP contribution is 2.16. The fourth-order valence-electron chi connectivity index (χ4n) is 1.59. The van der Waals surface area contributed by atoms with Crippen molar-refractivity contribution in [1.82, 2.24) is 15.2 Å². The van der Waals surface area contributed by atoms with Crippen molar-refractivity contribution in [3.63, 3.8) is 0 Å². The van der Waals surface area contributed by atoms with Crippen LogP contribution < -0.4 is 15.8 Å². The van der Waals surface area contributed by atoms with Gasteiger partial charge in [0.1, 0.15) is 11.6 Å². The van der Waals surface area contributed by atoms with E-state index in [0.717, 1.165) is 30.2 Å². The van der Waals surface area contributed by atoms with E-state index in [1.165, 1.54) is 0 Å². The minimum Gasteiger partial charge on any atom is -0.497 e. The van der Waals surface area contributed by atoms with Crippen LogP contribution in [0.3, 0.4) is 0 Å². The van der Waals surface area contributed by atoms with Gasteiger partial charge in [-0.25, -0.2) is 4.98 Å². The van der Waals surface area contributed by atoms with E-state index in [4.69, 9.17) is 10.5 Å². The lowest BCUT2D eigenvalue weighted by atomic mass is 10.3. The van der Waals surface area contributed by atoms with Crippen LogP contribution in [0.5, 0.6) is 5.75 Å². The molecule has 0 bridgehead atoms. The molecule has 1 aromatic heterocycles. The van der Waals surface area contributed by atoms with Gasteiger partial charge in [-0.05, 0) is 12.1 Å². The van der Waals surface area contributed by atoms with E-state index in [1.807, 2.05) is 24.3 Å². The van der Waals surface area contributed by atoms with Crippen molar-refractivity contribution >= 4 is 5.69 Å². The second-order valence-corrected chi connectivity index (χ2v) is 3.81. The van der Waals surface area contributed by atoms with Gasteiger partial charge in [-0.1, -0.05) is 6.07 Å². The van der Waals surface area contributed by atoms with Gasteiger partial charge in [0.15, 0.2) is 5.82 Å². The zero-order chi connectivity index (χ0) is 12.8. The summed E-state index contributed by atoms with van der Waals surface area (Å²) >= 11 is 0. The molecular formula is C12H17N5O. The normalized spacial score (nSPS) is 10.3. The second-order valence-electron chi connectivity index (χ2n) is 3.81. The fourth-order valence-corrected chi connectivity index (χ4v) is 1.59. The number of methoxy groups -OCH3 is 1. The summed E-state index contributed by atoms with van der Waals surface area (Å²) in [5.74, 6) is 2.32. The fraction of sp³-hybridized carbons (Fsp3) is 0.333. The number of ether oxygens (including phenoxy) is 1. The molecule has 6 heteroatoms. The van der Waals surface area contributed by atoms with Gasteiger partial charge in [-0.15, -0.1) is 0 Å². The van der Waals surface area contributed by atoms with E-state index in [2.05, 4.69) is 20.5 Å². The van der Waals surface area contributed by atoms with Crippen LogP contribution in [0.4, 0.5) is 5.69 Å². The Hall–Kier alpha value is -2.08. The van der Waals surface area contributed by atoms with Crippen molar-refractivity contribution in [2.75, 3.05) is 19.0 Å². The predicted octanol–water partition coefficient (Wildman–Crippen LogP) is 0.927. The topological polar surface area (TPSA) is 88.8 Å². The molecule has 6 nitrogen and oxygen atoms in total. The van der Waals surface area contributed by atoms with Crippen LogP contribution in [0.15, 0.2) is 24.3 Å². The summed E-state index contributed by atoms with van der Waals surface area (Å²) in [7, 11) is 1.65. The molecule has 18 heavy (non-hydrogen) atoms. The Balaban J connectivity index is 1.84. The van der Waals surface area contributed by atoms with Crippen LogP contribution in [-0.4, -0.2) is 28.8 Å². The van der Waals surface area contributed by atoms with Gasteiger partial charge in [0, 0.05) is 24.7 Å². The molecule has 4 N–H and O–H groups in total. The van der Waals surface area contributed by atoms with Gasteiger partial charge < -0.3 is 15.8 Å². The maximum Gasteiger partial charge on any atom is 0.152 e. The highest BCUT2D eigenvalue weighted by molar-refractivity contribution is 5.48. The first-order valence-electron chi connectivity index (χ1n) is 5.80. The molecule has 0 unspecified atom stereocenters. The zero-order valence-electron chi connectivity index (χ0n) is 10.3. The number of H-pyrrole nitrogens is 1. The number of nitrogens with one attached hydrogen (secondary N) is 2. The lowest BCUT2D eigenvalue weighted by Gasteiger charge is -2.06. The number of hydrogen-bond acceptors (Lipinski definition) is 5. The maximum atomic E-state index is 5.45. The molecule has 0 amide bonds. The average Bonchev–Trinajstić information content (AvgIpc) is 2.87. The molecule has 0 aliphatic rings. The van der Waals surface area contributed by atoms with Crippen LogP contribution in [0.2, 0.25) is 0 Å². The van der Waals surface area contributed by atoms with E-state index >= 15 is 0 Å². The smallest absolute Gasteiger partial charge is 0.152 e. The van der Waals surface area contributed by atoms with Crippen LogP contribution in [-0.2, 0) is 13.0 Å². The van der Waals surface area contributed by atoms with Gasteiger partial charge in [-0.3, -0.25) is 5.10 Å². The molecule has 0 fully saturated rings. The van der Waals surface area contributed by atoms with Gasteiger partial charge in [-0.2, -0.15) is 5.10 Å². The lowest BCUT2D eigenvalue weighted by Crippen LogP contribution is -2.06. The Morgan fingerprint density at radius 3 is 3.06 bits per heavy atom. The Labute approximate surface area is 106 Å². The van der Waals surface area contributed by atoms with E-state index < -0.39 is 0 Å². The van der Waals surface area contributed by atoms with E-state index in [9.17, 15) is 0 Å². The summed E-state index contributed by atoms with van der Waals surface area (Å²) < 4.78 is 5.15.